The molecule has 0 aliphatic heterocycles. The number of hydrazone groups is 1. The average Bonchev–Trinajstić information content (AvgIpc) is 2.91. The predicted molar refractivity (Wildman–Crippen MR) is 116 cm³/mol. The number of thiazole rings is 1. The van der Waals surface area contributed by atoms with E-state index >= 15 is 0 Å². The number of carbonyl (C=O) groups is 1. The van der Waals surface area contributed by atoms with Crippen LogP contribution >= 0.6 is 54.8 Å². The highest BCUT2D eigenvalue weighted by molar-refractivity contribution is 9.10. The second-order valence-corrected chi connectivity index (χ2v) is 8.62. The summed E-state index contributed by atoms with van der Waals surface area (Å²) in [5, 5.41) is 4.19. The Balaban J connectivity index is 1.71. The minimum atomic E-state index is -0.350. The van der Waals surface area contributed by atoms with E-state index < -0.39 is 0 Å². The fraction of sp³-hybridized carbons (Fsp3) is 0.0556. The Morgan fingerprint density at radius 1 is 1.11 bits per heavy atom. The van der Waals surface area contributed by atoms with E-state index in [0.29, 0.717) is 17.0 Å². The smallest absolute Gasteiger partial charge is 0.284 e. The zero-order valence-corrected chi connectivity index (χ0v) is 18.4. The van der Waals surface area contributed by atoms with Crippen molar-refractivity contribution in [3.05, 3.63) is 88.3 Å². The molecule has 0 unspecified atom stereocenters. The van der Waals surface area contributed by atoms with Crippen molar-refractivity contribution in [2.45, 2.75) is 6.54 Å². The van der Waals surface area contributed by atoms with Gasteiger partial charge < -0.3 is 0 Å². The van der Waals surface area contributed by atoms with Gasteiger partial charge in [0.1, 0.15) is 5.15 Å². The lowest BCUT2D eigenvalue weighted by Crippen LogP contribution is -2.17. The van der Waals surface area contributed by atoms with Gasteiger partial charge in [0.15, 0.2) is 0 Å². The number of rotatable bonds is 5. The summed E-state index contributed by atoms with van der Waals surface area (Å²) >= 11 is 14.0. The fourth-order valence-electron chi connectivity index (χ4n) is 2.21. The van der Waals surface area contributed by atoms with E-state index in [4.69, 9.17) is 11.6 Å². The van der Waals surface area contributed by atoms with Crippen molar-refractivity contribution in [2.75, 3.05) is 0 Å². The van der Waals surface area contributed by atoms with Gasteiger partial charge in [0.25, 0.3) is 5.91 Å². The van der Waals surface area contributed by atoms with Crippen molar-refractivity contribution in [2.24, 2.45) is 5.10 Å². The first-order valence-electron chi connectivity index (χ1n) is 7.66. The van der Waals surface area contributed by atoms with Gasteiger partial charge in [-0.3, -0.25) is 14.2 Å². The quantitative estimate of drug-likeness (QED) is 0.378. The third-order valence-electron chi connectivity index (χ3n) is 3.57. The number of nitrogens with one attached hydrogen (secondary N) is 1. The molecule has 0 aliphatic carbocycles. The summed E-state index contributed by atoms with van der Waals surface area (Å²) in [5.41, 5.74) is 3.85. The van der Waals surface area contributed by atoms with Crippen LogP contribution in [0.3, 0.4) is 0 Å². The molecule has 3 aromatic rings. The first kappa shape index (κ1) is 20.0. The van der Waals surface area contributed by atoms with E-state index in [2.05, 4.69) is 42.4 Å². The maximum atomic E-state index is 12.2. The van der Waals surface area contributed by atoms with Crippen molar-refractivity contribution >= 4 is 66.9 Å². The summed E-state index contributed by atoms with van der Waals surface area (Å²) in [7, 11) is 0. The molecule has 0 fully saturated rings. The maximum Gasteiger partial charge on any atom is 0.309 e. The fourth-order valence-corrected chi connectivity index (χ4v) is 3.84. The molecule has 0 radical (unpaired) electrons. The summed E-state index contributed by atoms with van der Waals surface area (Å²) in [5.74, 6) is -0.350. The molecule has 138 valence electrons. The standard InChI is InChI=1S/C18H12Br2ClN3O2S/c19-13-5-1-11(2-6-13)10-24-16(21)15(27-18(24)26)9-22-23-17(25)12-3-7-14(20)8-4-12/h1-9H,10H2,(H,23,25)/b22-9-. The zero-order chi connectivity index (χ0) is 19.4. The highest BCUT2D eigenvalue weighted by Gasteiger charge is 2.12. The Hall–Kier alpha value is -1.74. The second-order valence-electron chi connectivity index (χ2n) is 5.44. The van der Waals surface area contributed by atoms with Gasteiger partial charge in [-0.25, -0.2) is 5.43 Å². The SMILES string of the molecule is O=C(N/N=C\c1sc(=O)n(Cc2ccc(Br)cc2)c1Cl)c1ccc(Br)cc1. The lowest BCUT2D eigenvalue weighted by Gasteiger charge is -2.04. The van der Waals surface area contributed by atoms with E-state index in [0.717, 1.165) is 25.8 Å². The minimum absolute atomic E-state index is 0.191. The number of benzene rings is 2. The first-order valence-corrected chi connectivity index (χ1v) is 10.4. The van der Waals surface area contributed by atoms with Gasteiger partial charge in [-0.05, 0) is 42.0 Å². The second kappa shape index (κ2) is 8.97. The van der Waals surface area contributed by atoms with E-state index in [-0.39, 0.29) is 15.9 Å². The van der Waals surface area contributed by atoms with Gasteiger partial charge in [-0.2, -0.15) is 5.10 Å². The molecule has 0 atom stereocenters. The largest absolute Gasteiger partial charge is 0.309 e. The zero-order valence-electron chi connectivity index (χ0n) is 13.7. The van der Waals surface area contributed by atoms with Crippen LogP contribution in [-0.2, 0) is 6.54 Å². The lowest BCUT2D eigenvalue weighted by atomic mass is 10.2. The Labute approximate surface area is 180 Å². The molecule has 0 spiro atoms. The third-order valence-corrected chi connectivity index (χ3v) is 6.06. The van der Waals surface area contributed by atoms with Crippen LogP contribution in [0, 0.1) is 0 Å². The van der Waals surface area contributed by atoms with Crippen LogP contribution in [0.1, 0.15) is 20.8 Å². The summed E-state index contributed by atoms with van der Waals surface area (Å²) < 4.78 is 3.31. The number of carbonyl (C=O) groups excluding carboxylic acids is 1. The highest BCUT2D eigenvalue weighted by Crippen LogP contribution is 2.19. The Bertz CT molecular complexity index is 1040. The maximum absolute atomic E-state index is 12.2. The summed E-state index contributed by atoms with van der Waals surface area (Å²) in [6.45, 7) is 0.362. The Kier molecular flexibility index (Phi) is 6.64. The molecule has 5 nitrogen and oxygen atoms in total. The van der Waals surface area contributed by atoms with Crippen molar-refractivity contribution in [3.63, 3.8) is 0 Å². The van der Waals surface area contributed by atoms with Crippen LogP contribution in [0.25, 0.3) is 0 Å². The number of amides is 1. The number of aromatic nitrogens is 1. The summed E-state index contributed by atoms with van der Waals surface area (Å²) in [6, 6.07) is 14.5. The van der Waals surface area contributed by atoms with Gasteiger partial charge in [-0.1, -0.05) is 66.9 Å². The molecule has 0 aliphatic rings. The summed E-state index contributed by atoms with van der Waals surface area (Å²) in [6.07, 6.45) is 1.38. The van der Waals surface area contributed by atoms with Crippen molar-refractivity contribution < 1.29 is 4.79 Å². The molecule has 0 bridgehead atoms. The number of halogens is 3. The van der Waals surface area contributed by atoms with E-state index in [9.17, 15) is 9.59 Å². The molecule has 0 saturated carbocycles. The molecule has 9 heteroatoms. The molecule has 2 aromatic carbocycles. The van der Waals surface area contributed by atoms with Crippen molar-refractivity contribution in [1.29, 1.82) is 0 Å². The molecule has 3 rings (SSSR count). The molecule has 1 N–H and O–H groups in total. The third kappa shape index (κ3) is 5.16. The monoisotopic (exact) mass is 527 g/mol. The van der Waals surface area contributed by atoms with Crippen molar-refractivity contribution in [1.82, 2.24) is 9.99 Å². The molecular weight excluding hydrogens is 518 g/mol. The predicted octanol–water partition coefficient (Wildman–Crippen LogP) is 4.90. The van der Waals surface area contributed by atoms with Gasteiger partial charge in [0.05, 0.1) is 17.6 Å². The van der Waals surface area contributed by atoms with Crippen LogP contribution in [0.4, 0.5) is 0 Å². The van der Waals surface area contributed by atoms with E-state index in [1.165, 1.54) is 10.8 Å². The highest BCUT2D eigenvalue weighted by atomic mass is 79.9. The topological polar surface area (TPSA) is 63.5 Å². The van der Waals surface area contributed by atoms with Crippen LogP contribution in [0.5, 0.6) is 0 Å². The first-order chi connectivity index (χ1) is 12.9. The number of nitrogens with zero attached hydrogens (tertiary/aromatic N) is 2. The number of hydrogen-bond acceptors (Lipinski definition) is 4. The van der Waals surface area contributed by atoms with E-state index in [1.54, 1.807) is 24.3 Å². The Morgan fingerprint density at radius 3 is 2.33 bits per heavy atom. The Morgan fingerprint density at radius 2 is 1.70 bits per heavy atom. The van der Waals surface area contributed by atoms with Gasteiger partial charge in [-0.15, -0.1) is 0 Å². The van der Waals surface area contributed by atoms with E-state index in [1.807, 2.05) is 24.3 Å². The molecule has 0 saturated heterocycles. The normalized spacial score (nSPS) is 11.1. The molecule has 1 amide bonds. The molecule has 27 heavy (non-hydrogen) atoms. The lowest BCUT2D eigenvalue weighted by molar-refractivity contribution is 0.0955. The van der Waals surface area contributed by atoms with Crippen molar-refractivity contribution in [3.8, 4) is 0 Å². The van der Waals surface area contributed by atoms with Gasteiger partial charge in [0, 0.05) is 14.5 Å². The minimum Gasteiger partial charge on any atom is -0.284 e. The van der Waals surface area contributed by atoms with Crippen LogP contribution < -0.4 is 10.3 Å². The molecular formula is C18H12Br2ClN3O2S. The van der Waals surface area contributed by atoms with Crippen LogP contribution in [0.15, 0.2) is 67.4 Å². The van der Waals surface area contributed by atoms with Gasteiger partial charge >= 0.3 is 4.87 Å². The van der Waals surface area contributed by atoms with Gasteiger partial charge in [0.2, 0.25) is 0 Å². The van der Waals surface area contributed by atoms with Crippen LogP contribution in [-0.4, -0.2) is 16.7 Å². The molecule has 1 aromatic heterocycles. The summed E-state index contributed by atoms with van der Waals surface area (Å²) in [4.78, 5) is 24.5. The number of hydrogen-bond donors (Lipinski definition) is 1. The van der Waals surface area contributed by atoms with Crippen LogP contribution in [0.2, 0.25) is 5.15 Å². The average molecular weight is 530 g/mol. The molecule has 1 heterocycles.